The van der Waals surface area contributed by atoms with E-state index in [0.717, 1.165) is 0 Å². The Kier molecular flexibility index (Phi) is 6.66. The van der Waals surface area contributed by atoms with Gasteiger partial charge in [-0.25, -0.2) is 0 Å². The van der Waals surface area contributed by atoms with Crippen molar-refractivity contribution < 1.29 is 19.0 Å². The number of nitrogens with one attached hydrogen (secondary N) is 2. The maximum Gasteiger partial charge on any atom is 0.251 e. The van der Waals surface area contributed by atoms with Gasteiger partial charge in [-0.2, -0.15) is 0 Å². The molecule has 0 aliphatic carbocycles. The van der Waals surface area contributed by atoms with Gasteiger partial charge in [-0.1, -0.05) is 13.8 Å². The monoisotopic (exact) mass is 360 g/mol. The standard InChI is InChI=1S/C19H24N2O5/c1-12(2)11-26-18-10-20-14(8-15(18)22)9-21-19(23)13-5-6-16(24-3)17(7-13)25-4/h5-8,10,12H,9,11H2,1-4H3,(H,20,22)(H,21,23). The second-order valence-electron chi connectivity index (χ2n) is 6.14. The van der Waals surface area contributed by atoms with E-state index >= 15 is 0 Å². The second kappa shape index (κ2) is 8.94. The van der Waals surface area contributed by atoms with Crippen LogP contribution in [0.25, 0.3) is 0 Å². The van der Waals surface area contributed by atoms with E-state index in [1.807, 2.05) is 13.8 Å². The quantitative estimate of drug-likeness (QED) is 0.754. The molecule has 2 N–H and O–H groups in total. The summed E-state index contributed by atoms with van der Waals surface area (Å²) < 4.78 is 15.8. The molecule has 0 aliphatic rings. The molecule has 1 aromatic carbocycles. The predicted octanol–water partition coefficient (Wildman–Crippen LogP) is 2.36. The van der Waals surface area contributed by atoms with E-state index in [9.17, 15) is 9.59 Å². The Labute approximate surface area is 152 Å². The number of benzene rings is 1. The molecule has 0 aliphatic heterocycles. The molecule has 0 saturated carbocycles. The second-order valence-corrected chi connectivity index (χ2v) is 6.14. The number of amides is 1. The molecule has 1 amide bonds. The highest BCUT2D eigenvalue weighted by atomic mass is 16.5. The van der Waals surface area contributed by atoms with Crippen molar-refractivity contribution in [2.45, 2.75) is 20.4 Å². The van der Waals surface area contributed by atoms with E-state index in [-0.39, 0.29) is 23.6 Å². The average molecular weight is 360 g/mol. The van der Waals surface area contributed by atoms with Crippen molar-refractivity contribution in [2.24, 2.45) is 5.92 Å². The smallest absolute Gasteiger partial charge is 0.251 e. The first-order chi connectivity index (χ1) is 12.4. The fourth-order valence-corrected chi connectivity index (χ4v) is 2.23. The maximum absolute atomic E-state index is 12.3. The first kappa shape index (κ1) is 19.4. The van der Waals surface area contributed by atoms with Crippen LogP contribution < -0.4 is 25.0 Å². The SMILES string of the molecule is COc1ccc(C(=O)NCc2cc(=O)c(OCC(C)C)c[nH]2)cc1OC. The number of aromatic nitrogens is 1. The molecule has 0 fully saturated rings. The van der Waals surface area contributed by atoms with Crippen molar-refractivity contribution in [1.82, 2.24) is 10.3 Å². The fourth-order valence-electron chi connectivity index (χ4n) is 2.23. The van der Waals surface area contributed by atoms with Gasteiger partial charge >= 0.3 is 0 Å². The molecule has 0 radical (unpaired) electrons. The Morgan fingerprint density at radius 2 is 1.85 bits per heavy atom. The van der Waals surface area contributed by atoms with Crippen LogP contribution in [0.15, 0.2) is 35.3 Å². The Morgan fingerprint density at radius 3 is 2.46 bits per heavy atom. The van der Waals surface area contributed by atoms with Crippen molar-refractivity contribution in [2.75, 3.05) is 20.8 Å². The van der Waals surface area contributed by atoms with Crippen LogP contribution in [0.5, 0.6) is 17.2 Å². The number of pyridine rings is 1. The van der Waals surface area contributed by atoms with Crippen molar-refractivity contribution in [3.8, 4) is 17.2 Å². The van der Waals surface area contributed by atoms with Gasteiger partial charge in [0.15, 0.2) is 17.2 Å². The lowest BCUT2D eigenvalue weighted by Crippen LogP contribution is -2.24. The molecular weight excluding hydrogens is 336 g/mol. The topological polar surface area (TPSA) is 89.6 Å². The third kappa shape index (κ3) is 5.02. The highest BCUT2D eigenvalue weighted by Crippen LogP contribution is 2.27. The third-order valence-electron chi connectivity index (χ3n) is 3.59. The van der Waals surface area contributed by atoms with Crippen LogP contribution in [-0.2, 0) is 6.54 Å². The first-order valence-corrected chi connectivity index (χ1v) is 8.29. The minimum atomic E-state index is -0.285. The molecule has 0 unspecified atom stereocenters. The van der Waals surface area contributed by atoms with Crippen LogP contribution in [-0.4, -0.2) is 31.7 Å². The number of carbonyl (C=O) groups is 1. The lowest BCUT2D eigenvalue weighted by molar-refractivity contribution is 0.0950. The van der Waals surface area contributed by atoms with Crippen molar-refractivity contribution in [1.29, 1.82) is 0 Å². The summed E-state index contributed by atoms with van der Waals surface area (Å²) in [5.41, 5.74) is 0.794. The number of aromatic amines is 1. The number of rotatable bonds is 8. The molecule has 140 valence electrons. The molecular formula is C19H24N2O5. The summed E-state index contributed by atoms with van der Waals surface area (Å²) in [7, 11) is 3.04. The van der Waals surface area contributed by atoms with E-state index in [1.165, 1.54) is 26.5 Å². The Balaban J connectivity index is 2.01. The lowest BCUT2D eigenvalue weighted by atomic mass is 10.2. The van der Waals surface area contributed by atoms with Crippen LogP contribution in [0, 0.1) is 5.92 Å². The summed E-state index contributed by atoms with van der Waals surface area (Å²) in [6, 6.07) is 6.32. The third-order valence-corrected chi connectivity index (χ3v) is 3.59. The molecule has 26 heavy (non-hydrogen) atoms. The molecule has 2 rings (SSSR count). The van der Waals surface area contributed by atoms with E-state index in [2.05, 4.69) is 10.3 Å². The molecule has 0 saturated heterocycles. The van der Waals surface area contributed by atoms with Gasteiger partial charge in [-0.15, -0.1) is 0 Å². The number of hydrogen-bond donors (Lipinski definition) is 2. The Morgan fingerprint density at radius 1 is 1.12 bits per heavy atom. The summed E-state index contributed by atoms with van der Waals surface area (Å²) >= 11 is 0. The van der Waals surface area contributed by atoms with Gasteiger partial charge in [-0.05, 0) is 24.1 Å². The molecule has 0 atom stereocenters. The molecule has 0 spiro atoms. The zero-order valence-electron chi connectivity index (χ0n) is 15.4. The van der Waals surface area contributed by atoms with Gasteiger partial charge in [0.05, 0.1) is 27.4 Å². The van der Waals surface area contributed by atoms with Gasteiger partial charge in [0, 0.05) is 23.5 Å². The summed E-state index contributed by atoms with van der Waals surface area (Å²) in [5, 5.41) is 2.75. The van der Waals surface area contributed by atoms with Gasteiger partial charge in [0.2, 0.25) is 5.43 Å². The van der Waals surface area contributed by atoms with Gasteiger partial charge in [-0.3, -0.25) is 9.59 Å². The van der Waals surface area contributed by atoms with Gasteiger partial charge in [0.1, 0.15) is 0 Å². The largest absolute Gasteiger partial charge is 0.493 e. The predicted molar refractivity (Wildman–Crippen MR) is 98.1 cm³/mol. The number of carbonyl (C=O) groups excluding carboxylic acids is 1. The van der Waals surface area contributed by atoms with Crippen LogP contribution in [0.1, 0.15) is 29.9 Å². The Hall–Kier alpha value is -2.96. The summed E-state index contributed by atoms with van der Waals surface area (Å²) in [6.45, 7) is 4.67. The molecule has 7 nitrogen and oxygen atoms in total. The van der Waals surface area contributed by atoms with E-state index in [1.54, 1.807) is 18.2 Å². The zero-order chi connectivity index (χ0) is 19.1. The summed E-state index contributed by atoms with van der Waals surface area (Å²) in [6.07, 6.45) is 1.52. The number of H-pyrrole nitrogens is 1. The van der Waals surface area contributed by atoms with Crippen LogP contribution in [0.2, 0.25) is 0 Å². The number of methoxy groups -OCH3 is 2. The molecule has 1 heterocycles. The molecule has 1 aromatic heterocycles. The van der Waals surface area contributed by atoms with E-state index < -0.39 is 0 Å². The summed E-state index contributed by atoms with van der Waals surface area (Å²) in [4.78, 5) is 27.3. The molecule has 7 heteroatoms. The van der Waals surface area contributed by atoms with Crippen molar-refractivity contribution in [3.05, 3.63) is 51.9 Å². The normalized spacial score (nSPS) is 10.5. The van der Waals surface area contributed by atoms with E-state index in [4.69, 9.17) is 14.2 Å². The highest BCUT2D eigenvalue weighted by Gasteiger charge is 2.11. The van der Waals surface area contributed by atoms with Crippen LogP contribution in [0.4, 0.5) is 0 Å². The van der Waals surface area contributed by atoms with Crippen LogP contribution in [0.3, 0.4) is 0 Å². The van der Waals surface area contributed by atoms with Gasteiger partial charge < -0.3 is 24.5 Å². The minimum absolute atomic E-state index is 0.187. The lowest BCUT2D eigenvalue weighted by Gasteiger charge is -2.11. The minimum Gasteiger partial charge on any atom is -0.493 e. The van der Waals surface area contributed by atoms with E-state index in [0.29, 0.717) is 35.3 Å². The molecule has 0 bridgehead atoms. The zero-order valence-corrected chi connectivity index (χ0v) is 15.4. The average Bonchev–Trinajstić information content (AvgIpc) is 2.64. The van der Waals surface area contributed by atoms with Crippen LogP contribution >= 0.6 is 0 Å². The Bertz CT molecular complexity index is 814. The highest BCUT2D eigenvalue weighted by molar-refractivity contribution is 5.94. The number of hydrogen-bond acceptors (Lipinski definition) is 5. The maximum atomic E-state index is 12.3. The van der Waals surface area contributed by atoms with Gasteiger partial charge in [0.25, 0.3) is 5.91 Å². The number of ether oxygens (including phenoxy) is 3. The molecule has 2 aromatic rings. The first-order valence-electron chi connectivity index (χ1n) is 8.29. The fraction of sp³-hybridized carbons (Fsp3) is 0.368. The summed E-state index contributed by atoms with van der Waals surface area (Å²) in [5.74, 6) is 1.33. The van der Waals surface area contributed by atoms with Crippen molar-refractivity contribution >= 4 is 5.91 Å². The van der Waals surface area contributed by atoms with Crippen molar-refractivity contribution in [3.63, 3.8) is 0 Å².